The van der Waals surface area contributed by atoms with Gasteiger partial charge in [-0.2, -0.15) is 0 Å². The SMILES string of the molecule is C=C(C)C(=O)OCCNC(=O)Oc1ccc(C(C)CC)cc1OC. The van der Waals surface area contributed by atoms with Crippen LogP contribution in [0.2, 0.25) is 0 Å². The van der Waals surface area contributed by atoms with Gasteiger partial charge in [0.15, 0.2) is 11.5 Å². The Morgan fingerprint density at radius 1 is 1.29 bits per heavy atom. The van der Waals surface area contributed by atoms with Gasteiger partial charge in [-0.15, -0.1) is 0 Å². The van der Waals surface area contributed by atoms with Crippen LogP contribution in [0.25, 0.3) is 0 Å². The highest BCUT2D eigenvalue weighted by Crippen LogP contribution is 2.31. The summed E-state index contributed by atoms with van der Waals surface area (Å²) in [7, 11) is 1.53. The third kappa shape index (κ3) is 5.95. The van der Waals surface area contributed by atoms with Gasteiger partial charge in [0.25, 0.3) is 0 Å². The summed E-state index contributed by atoms with van der Waals surface area (Å²) in [6.07, 6.45) is 0.364. The molecule has 1 aromatic rings. The lowest BCUT2D eigenvalue weighted by molar-refractivity contribution is -0.138. The molecule has 0 spiro atoms. The molecule has 1 amide bonds. The fraction of sp³-hybridized carbons (Fsp3) is 0.444. The number of esters is 1. The molecule has 0 saturated carbocycles. The number of amides is 1. The number of methoxy groups -OCH3 is 1. The Balaban J connectivity index is 2.54. The van der Waals surface area contributed by atoms with Crippen LogP contribution in [-0.2, 0) is 9.53 Å². The standard InChI is InChI=1S/C18H25NO5/c1-6-13(4)14-7-8-15(16(11-14)22-5)24-18(21)19-9-10-23-17(20)12(2)3/h7-8,11,13H,2,6,9-10H2,1,3-5H3,(H,19,21). The van der Waals surface area contributed by atoms with Crippen LogP contribution >= 0.6 is 0 Å². The number of hydrogen-bond donors (Lipinski definition) is 1. The Bertz CT molecular complexity index is 597. The van der Waals surface area contributed by atoms with E-state index in [9.17, 15) is 9.59 Å². The molecule has 1 N–H and O–H groups in total. The Labute approximate surface area is 142 Å². The molecule has 0 aliphatic carbocycles. The molecule has 24 heavy (non-hydrogen) atoms. The molecule has 0 radical (unpaired) electrons. The maximum Gasteiger partial charge on any atom is 0.412 e. The van der Waals surface area contributed by atoms with Crippen molar-refractivity contribution in [3.8, 4) is 11.5 Å². The summed E-state index contributed by atoms with van der Waals surface area (Å²) in [6.45, 7) is 9.44. The summed E-state index contributed by atoms with van der Waals surface area (Å²) in [4.78, 5) is 23.0. The van der Waals surface area contributed by atoms with Gasteiger partial charge in [0.1, 0.15) is 6.61 Å². The van der Waals surface area contributed by atoms with Crippen molar-refractivity contribution in [2.75, 3.05) is 20.3 Å². The van der Waals surface area contributed by atoms with Crippen molar-refractivity contribution in [2.24, 2.45) is 0 Å². The number of hydrogen-bond acceptors (Lipinski definition) is 5. The molecule has 132 valence electrons. The van der Waals surface area contributed by atoms with Gasteiger partial charge in [-0.3, -0.25) is 0 Å². The van der Waals surface area contributed by atoms with E-state index in [1.165, 1.54) is 7.11 Å². The summed E-state index contributed by atoms with van der Waals surface area (Å²) in [6, 6.07) is 5.49. The monoisotopic (exact) mass is 335 g/mol. The van der Waals surface area contributed by atoms with E-state index < -0.39 is 12.1 Å². The molecular formula is C18H25NO5. The van der Waals surface area contributed by atoms with E-state index >= 15 is 0 Å². The fourth-order valence-corrected chi connectivity index (χ4v) is 1.87. The number of carbonyl (C=O) groups excluding carboxylic acids is 2. The fourth-order valence-electron chi connectivity index (χ4n) is 1.87. The van der Waals surface area contributed by atoms with Crippen molar-refractivity contribution in [3.63, 3.8) is 0 Å². The van der Waals surface area contributed by atoms with Crippen LogP contribution in [0.1, 0.15) is 38.7 Å². The van der Waals surface area contributed by atoms with Crippen LogP contribution in [0.5, 0.6) is 11.5 Å². The van der Waals surface area contributed by atoms with Crippen LogP contribution in [-0.4, -0.2) is 32.3 Å². The van der Waals surface area contributed by atoms with E-state index in [1.807, 2.05) is 12.1 Å². The molecule has 1 atom stereocenters. The number of carbonyl (C=O) groups is 2. The van der Waals surface area contributed by atoms with Gasteiger partial charge in [-0.1, -0.05) is 26.5 Å². The van der Waals surface area contributed by atoms with Crippen LogP contribution in [0.3, 0.4) is 0 Å². The first-order chi connectivity index (χ1) is 11.4. The highest BCUT2D eigenvalue weighted by atomic mass is 16.6. The second-order valence-electron chi connectivity index (χ2n) is 5.45. The molecule has 0 bridgehead atoms. The van der Waals surface area contributed by atoms with Gasteiger partial charge < -0.3 is 19.5 Å². The zero-order valence-corrected chi connectivity index (χ0v) is 14.7. The van der Waals surface area contributed by atoms with Crippen molar-refractivity contribution in [3.05, 3.63) is 35.9 Å². The minimum Gasteiger partial charge on any atom is -0.493 e. The van der Waals surface area contributed by atoms with Gasteiger partial charge in [0, 0.05) is 5.57 Å². The third-order valence-electron chi connectivity index (χ3n) is 3.52. The summed E-state index contributed by atoms with van der Waals surface area (Å²) in [5, 5.41) is 2.50. The average molecular weight is 335 g/mol. The highest BCUT2D eigenvalue weighted by molar-refractivity contribution is 5.86. The largest absolute Gasteiger partial charge is 0.493 e. The second-order valence-corrected chi connectivity index (χ2v) is 5.45. The molecule has 1 unspecified atom stereocenters. The molecule has 0 aliphatic heterocycles. The Kier molecular flexibility index (Phi) is 7.82. The Hall–Kier alpha value is -2.50. The topological polar surface area (TPSA) is 73.9 Å². The zero-order chi connectivity index (χ0) is 18.1. The summed E-state index contributed by atoms with van der Waals surface area (Å²) >= 11 is 0. The molecule has 1 aromatic carbocycles. The molecule has 0 aromatic heterocycles. The van der Waals surface area contributed by atoms with E-state index in [0.717, 1.165) is 12.0 Å². The van der Waals surface area contributed by atoms with E-state index in [1.54, 1.807) is 13.0 Å². The maximum absolute atomic E-state index is 11.8. The number of nitrogens with one attached hydrogen (secondary N) is 1. The molecule has 0 saturated heterocycles. The lowest BCUT2D eigenvalue weighted by atomic mass is 9.98. The molecule has 6 heteroatoms. The molecule has 6 nitrogen and oxygen atoms in total. The van der Waals surface area contributed by atoms with Crippen molar-refractivity contribution in [2.45, 2.75) is 33.1 Å². The van der Waals surface area contributed by atoms with Crippen molar-refractivity contribution < 1.29 is 23.8 Å². The van der Waals surface area contributed by atoms with Crippen LogP contribution in [0.15, 0.2) is 30.4 Å². The minimum absolute atomic E-state index is 0.0465. The van der Waals surface area contributed by atoms with Crippen molar-refractivity contribution in [1.82, 2.24) is 5.32 Å². The van der Waals surface area contributed by atoms with Crippen molar-refractivity contribution in [1.29, 1.82) is 0 Å². The van der Waals surface area contributed by atoms with E-state index in [0.29, 0.717) is 23.0 Å². The summed E-state index contributed by atoms with van der Waals surface area (Å²) in [5.41, 5.74) is 1.43. The minimum atomic E-state index is -0.643. The second kappa shape index (κ2) is 9.60. The van der Waals surface area contributed by atoms with Gasteiger partial charge in [-0.05, 0) is 37.0 Å². The molecule has 1 rings (SSSR count). The average Bonchev–Trinajstić information content (AvgIpc) is 2.57. The molecular weight excluding hydrogens is 310 g/mol. The molecule has 0 fully saturated rings. The number of rotatable bonds is 8. The van der Waals surface area contributed by atoms with Crippen LogP contribution in [0, 0.1) is 0 Å². The Morgan fingerprint density at radius 2 is 2.00 bits per heavy atom. The lowest BCUT2D eigenvalue weighted by Gasteiger charge is -2.14. The van der Waals surface area contributed by atoms with Crippen LogP contribution in [0.4, 0.5) is 4.79 Å². The smallest absolute Gasteiger partial charge is 0.412 e. The first kappa shape index (κ1) is 19.5. The number of ether oxygens (including phenoxy) is 3. The van der Waals surface area contributed by atoms with Crippen LogP contribution < -0.4 is 14.8 Å². The predicted molar refractivity (Wildman–Crippen MR) is 91.5 cm³/mol. The normalized spacial score (nSPS) is 11.3. The third-order valence-corrected chi connectivity index (χ3v) is 3.52. The van der Waals surface area contributed by atoms with E-state index in [-0.39, 0.29) is 13.2 Å². The van der Waals surface area contributed by atoms with Gasteiger partial charge in [-0.25, -0.2) is 9.59 Å². The van der Waals surface area contributed by atoms with Gasteiger partial charge >= 0.3 is 12.1 Å². The zero-order valence-electron chi connectivity index (χ0n) is 14.7. The molecule has 0 heterocycles. The van der Waals surface area contributed by atoms with Gasteiger partial charge in [0.05, 0.1) is 13.7 Å². The first-order valence-electron chi connectivity index (χ1n) is 7.85. The Morgan fingerprint density at radius 3 is 2.58 bits per heavy atom. The maximum atomic E-state index is 11.8. The van der Waals surface area contributed by atoms with Gasteiger partial charge in [0.2, 0.25) is 0 Å². The lowest BCUT2D eigenvalue weighted by Crippen LogP contribution is -2.30. The summed E-state index contributed by atoms with van der Waals surface area (Å²) in [5.74, 6) is 0.731. The highest BCUT2D eigenvalue weighted by Gasteiger charge is 2.13. The van der Waals surface area contributed by atoms with Crippen molar-refractivity contribution >= 4 is 12.1 Å². The van der Waals surface area contributed by atoms with E-state index in [2.05, 4.69) is 25.7 Å². The molecule has 0 aliphatic rings. The predicted octanol–water partition coefficient (Wildman–Crippen LogP) is 3.42. The summed E-state index contributed by atoms with van der Waals surface area (Å²) < 4.78 is 15.4. The number of benzene rings is 1. The quantitative estimate of drug-likeness (QED) is 0.448. The van der Waals surface area contributed by atoms with E-state index in [4.69, 9.17) is 14.2 Å². The first-order valence-corrected chi connectivity index (χ1v) is 7.85.